The molecule has 3 heteroatoms. The van der Waals surface area contributed by atoms with Crippen molar-refractivity contribution in [2.24, 2.45) is 0 Å². The zero-order valence-electron chi connectivity index (χ0n) is 10.5. The molecule has 0 aliphatic heterocycles. The molecular weight excluding hydrogens is 207 g/mol. The number of rotatable bonds is 4. The van der Waals surface area contributed by atoms with E-state index in [0.29, 0.717) is 24.5 Å². The molecule has 0 aromatic heterocycles. The maximum absolute atomic E-state index is 13.0. The molecular formula is C13H21FO2. The van der Waals surface area contributed by atoms with Gasteiger partial charge in [-0.3, -0.25) is 0 Å². The van der Waals surface area contributed by atoms with Crippen molar-refractivity contribution in [3.63, 3.8) is 0 Å². The molecule has 0 spiro atoms. The molecule has 0 aliphatic carbocycles. The van der Waals surface area contributed by atoms with Crippen molar-refractivity contribution in [2.75, 3.05) is 20.3 Å². The smallest absolute Gasteiger partial charge is 0.129 e. The topological polar surface area (TPSA) is 18.5 Å². The Labute approximate surface area is 97.4 Å². The van der Waals surface area contributed by atoms with Gasteiger partial charge in [-0.25, -0.2) is 4.39 Å². The third-order valence-electron chi connectivity index (χ3n) is 1.70. The SMILES string of the molecule is CCC.COCCOc1ccc(C)c(F)c1. The van der Waals surface area contributed by atoms with E-state index in [1.54, 1.807) is 26.2 Å². The fraction of sp³-hybridized carbons (Fsp3) is 0.538. The highest BCUT2D eigenvalue weighted by atomic mass is 19.1. The highest BCUT2D eigenvalue weighted by Crippen LogP contribution is 2.15. The van der Waals surface area contributed by atoms with Crippen LogP contribution in [0, 0.1) is 12.7 Å². The number of halogens is 1. The molecule has 0 N–H and O–H groups in total. The van der Waals surface area contributed by atoms with Gasteiger partial charge in [-0.05, 0) is 18.6 Å². The summed E-state index contributed by atoms with van der Waals surface area (Å²) in [5, 5.41) is 0. The van der Waals surface area contributed by atoms with Gasteiger partial charge >= 0.3 is 0 Å². The Hall–Kier alpha value is -1.09. The van der Waals surface area contributed by atoms with Crippen molar-refractivity contribution in [3.8, 4) is 5.75 Å². The first-order valence-electron chi connectivity index (χ1n) is 5.53. The predicted octanol–water partition coefficient (Wildman–Crippen LogP) is 3.58. The Morgan fingerprint density at radius 3 is 2.31 bits per heavy atom. The summed E-state index contributed by atoms with van der Waals surface area (Å²) in [6.07, 6.45) is 1.25. The minimum Gasteiger partial charge on any atom is -0.491 e. The molecule has 0 saturated carbocycles. The second kappa shape index (κ2) is 9.16. The van der Waals surface area contributed by atoms with E-state index >= 15 is 0 Å². The van der Waals surface area contributed by atoms with E-state index in [4.69, 9.17) is 9.47 Å². The second-order valence-electron chi connectivity index (χ2n) is 3.46. The van der Waals surface area contributed by atoms with Crippen LogP contribution in [0.1, 0.15) is 25.8 Å². The van der Waals surface area contributed by atoms with Gasteiger partial charge in [0, 0.05) is 13.2 Å². The lowest BCUT2D eigenvalue weighted by Gasteiger charge is -2.05. The van der Waals surface area contributed by atoms with E-state index in [9.17, 15) is 4.39 Å². The van der Waals surface area contributed by atoms with Gasteiger partial charge in [0.15, 0.2) is 0 Å². The highest BCUT2D eigenvalue weighted by molar-refractivity contribution is 5.27. The van der Waals surface area contributed by atoms with Crippen LogP contribution in [0.15, 0.2) is 18.2 Å². The number of hydrogen-bond donors (Lipinski definition) is 0. The van der Waals surface area contributed by atoms with E-state index in [1.807, 2.05) is 0 Å². The molecule has 1 aromatic rings. The summed E-state index contributed by atoms with van der Waals surface area (Å²) in [6.45, 7) is 6.92. The predicted molar refractivity (Wildman–Crippen MR) is 64.5 cm³/mol. The lowest BCUT2D eigenvalue weighted by atomic mass is 10.2. The number of hydrogen-bond acceptors (Lipinski definition) is 2. The van der Waals surface area contributed by atoms with Gasteiger partial charge in [0.1, 0.15) is 18.2 Å². The molecule has 2 nitrogen and oxygen atoms in total. The molecule has 0 radical (unpaired) electrons. The fourth-order valence-corrected chi connectivity index (χ4v) is 0.906. The molecule has 0 saturated heterocycles. The van der Waals surface area contributed by atoms with Crippen LogP contribution in [0.5, 0.6) is 5.75 Å². The van der Waals surface area contributed by atoms with Crippen LogP contribution >= 0.6 is 0 Å². The van der Waals surface area contributed by atoms with Crippen LogP contribution in [-0.2, 0) is 4.74 Å². The van der Waals surface area contributed by atoms with Gasteiger partial charge in [-0.2, -0.15) is 0 Å². The average Bonchev–Trinajstić information content (AvgIpc) is 2.25. The molecule has 0 unspecified atom stereocenters. The fourth-order valence-electron chi connectivity index (χ4n) is 0.906. The summed E-state index contributed by atoms with van der Waals surface area (Å²) in [4.78, 5) is 0. The van der Waals surface area contributed by atoms with Gasteiger partial charge in [0.2, 0.25) is 0 Å². The van der Waals surface area contributed by atoms with E-state index in [2.05, 4.69) is 13.8 Å². The summed E-state index contributed by atoms with van der Waals surface area (Å²) in [6, 6.07) is 4.82. The standard InChI is InChI=1S/C10H13FO2.C3H8/c1-8-3-4-9(7-10(8)11)13-6-5-12-2;1-3-2/h3-4,7H,5-6H2,1-2H3;3H2,1-2H3. The van der Waals surface area contributed by atoms with Crippen LogP contribution in [0.3, 0.4) is 0 Å². The van der Waals surface area contributed by atoms with Gasteiger partial charge < -0.3 is 9.47 Å². The van der Waals surface area contributed by atoms with Crippen molar-refractivity contribution in [2.45, 2.75) is 27.2 Å². The maximum Gasteiger partial charge on any atom is 0.129 e. The summed E-state index contributed by atoms with van der Waals surface area (Å²) in [5.74, 6) is 0.301. The lowest BCUT2D eigenvalue weighted by Crippen LogP contribution is -2.04. The van der Waals surface area contributed by atoms with Crippen LogP contribution in [0.4, 0.5) is 4.39 Å². The summed E-state index contributed by atoms with van der Waals surface area (Å²) < 4.78 is 23.0. The third kappa shape index (κ3) is 6.40. The minimum atomic E-state index is -0.241. The summed E-state index contributed by atoms with van der Waals surface area (Å²) >= 11 is 0. The Bertz CT molecular complexity index is 287. The lowest BCUT2D eigenvalue weighted by molar-refractivity contribution is 0.146. The molecule has 0 fully saturated rings. The van der Waals surface area contributed by atoms with E-state index in [0.717, 1.165) is 0 Å². The number of ether oxygens (including phenoxy) is 2. The Morgan fingerprint density at radius 2 is 1.81 bits per heavy atom. The Kier molecular flexibility index (Phi) is 8.53. The first-order chi connectivity index (χ1) is 7.65. The van der Waals surface area contributed by atoms with Crippen LogP contribution < -0.4 is 4.74 Å². The highest BCUT2D eigenvalue weighted by Gasteiger charge is 1.99. The van der Waals surface area contributed by atoms with E-state index < -0.39 is 0 Å². The van der Waals surface area contributed by atoms with Gasteiger partial charge in [0.05, 0.1) is 6.61 Å². The van der Waals surface area contributed by atoms with Crippen LogP contribution in [0.25, 0.3) is 0 Å². The Morgan fingerprint density at radius 1 is 1.19 bits per heavy atom. The maximum atomic E-state index is 13.0. The molecule has 1 rings (SSSR count). The number of methoxy groups -OCH3 is 1. The molecule has 0 aliphatic rings. The first-order valence-corrected chi connectivity index (χ1v) is 5.53. The number of benzene rings is 1. The summed E-state index contributed by atoms with van der Waals surface area (Å²) in [7, 11) is 1.60. The molecule has 0 amide bonds. The van der Waals surface area contributed by atoms with E-state index in [-0.39, 0.29) is 5.82 Å². The van der Waals surface area contributed by atoms with Crippen molar-refractivity contribution < 1.29 is 13.9 Å². The zero-order valence-corrected chi connectivity index (χ0v) is 10.5. The number of aryl methyl sites for hydroxylation is 1. The third-order valence-corrected chi connectivity index (χ3v) is 1.70. The molecule has 16 heavy (non-hydrogen) atoms. The van der Waals surface area contributed by atoms with Crippen molar-refractivity contribution in [3.05, 3.63) is 29.6 Å². The van der Waals surface area contributed by atoms with E-state index in [1.165, 1.54) is 12.5 Å². The van der Waals surface area contributed by atoms with Crippen molar-refractivity contribution in [1.29, 1.82) is 0 Å². The molecule has 92 valence electrons. The summed E-state index contributed by atoms with van der Waals surface area (Å²) in [5.41, 5.74) is 0.624. The monoisotopic (exact) mass is 228 g/mol. The molecule has 0 atom stereocenters. The Balaban J connectivity index is 0.000000673. The molecule has 0 heterocycles. The minimum absolute atomic E-state index is 0.241. The largest absolute Gasteiger partial charge is 0.491 e. The average molecular weight is 228 g/mol. The first kappa shape index (κ1) is 14.9. The van der Waals surface area contributed by atoms with Gasteiger partial charge in [-0.1, -0.05) is 26.3 Å². The van der Waals surface area contributed by atoms with Gasteiger partial charge in [-0.15, -0.1) is 0 Å². The zero-order chi connectivity index (χ0) is 12.4. The van der Waals surface area contributed by atoms with Crippen molar-refractivity contribution in [1.82, 2.24) is 0 Å². The normalized spacial score (nSPS) is 9.31. The van der Waals surface area contributed by atoms with Crippen LogP contribution in [0.2, 0.25) is 0 Å². The van der Waals surface area contributed by atoms with Crippen molar-refractivity contribution >= 4 is 0 Å². The van der Waals surface area contributed by atoms with Crippen LogP contribution in [-0.4, -0.2) is 20.3 Å². The molecule has 1 aromatic carbocycles. The van der Waals surface area contributed by atoms with Gasteiger partial charge in [0.25, 0.3) is 0 Å². The second-order valence-corrected chi connectivity index (χ2v) is 3.46. The molecule has 0 bridgehead atoms. The quantitative estimate of drug-likeness (QED) is 0.733.